The molecule has 2 aromatic rings. The van der Waals surface area contributed by atoms with E-state index in [1.54, 1.807) is 12.1 Å². The summed E-state index contributed by atoms with van der Waals surface area (Å²) < 4.78 is 43.6. The minimum atomic E-state index is -3.33. The number of halogens is 1. The molecule has 2 aromatic carbocycles. The lowest BCUT2D eigenvalue weighted by molar-refractivity contribution is 0.102. The molecular formula is C19H20FNO4S. The van der Waals surface area contributed by atoms with Crippen LogP contribution in [0.25, 0.3) is 0 Å². The van der Waals surface area contributed by atoms with Crippen LogP contribution in [0.1, 0.15) is 36.0 Å². The average Bonchev–Trinajstić information content (AvgIpc) is 3.17. The number of ether oxygens (including phenoxy) is 1. The third kappa shape index (κ3) is 3.72. The third-order valence-corrected chi connectivity index (χ3v) is 6.87. The van der Waals surface area contributed by atoms with E-state index in [9.17, 15) is 17.6 Å². The Labute approximate surface area is 152 Å². The van der Waals surface area contributed by atoms with Gasteiger partial charge in [-0.05, 0) is 55.3 Å². The Hall–Kier alpha value is -2.41. The number of carbonyl (C=O) groups is 1. The lowest BCUT2D eigenvalue weighted by Gasteiger charge is -2.12. The molecule has 0 unspecified atom stereocenters. The molecule has 0 bridgehead atoms. The first-order valence-corrected chi connectivity index (χ1v) is 9.95. The highest BCUT2D eigenvalue weighted by molar-refractivity contribution is 7.92. The number of methoxy groups -OCH3 is 1. The second kappa shape index (κ2) is 7.45. The molecule has 0 saturated heterocycles. The fourth-order valence-electron chi connectivity index (χ4n) is 3.13. The first-order chi connectivity index (χ1) is 12.4. The highest BCUT2D eigenvalue weighted by Crippen LogP contribution is 2.30. The largest absolute Gasteiger partial charge is 0.494 e. The van der Waals surface area contributed by atoms with Crippen molar-refractivity contribution < 1.29 is 22.3 Å². The van der Waals surface area contributed by atoms with Crippen molar-refractivity contribution in [3.8, 4) is 5.75 Å². The maximum absolute atomic E-state index is 13.7. The number of anilines is 1. The number of benzene rings is 2. The molecule has 26 heavy (non-hydrogen) atoms. The van der Waals surface area contributed by atoms with Gasteiger partial charge in [-0.25, -0.2) is 12.8 Å². The van der Waals surface area contributed by atoms with E-state index in [1.165, 1.54) is 31.4 Å². The van der Waals surface area contributed by atoms with Crippen molar-refractivity contribution in [2.24, 2.45) is 0 Å². The van der Waals surface area contributed by atoms with E-state index in [0.29, 0.717) is 18.5 Å². The van der Waals surface area contributed by atoms with Crippen molar-refractivity contribution in [2.45, 2.75) is 35.8 Å². The van der Waals surface area contributed by atoms with Crippen LogP contribution >= 0.6 is 0 Å². The summed E-state index contributed by atoms with van der Waals surface area (Å²) in [4.78, 5) is 12.5. The Morgan fingerprint density at radius 2 is 1.77 bits per heavy atom. The number of hydrogen-bond donors (Lipinski definition) is 1. The number of nitrogens with one attached hydrogen (secondary N) is 1. The molecule has 0 atom stereocenters. The Morgan fingerprint density at radius 1 is 1.12 bits per heavy atom. The quantitative estimate of drug-likeness (QED) is 0.860. The lowest BCUT2D eigenvalue weighted by atomic mass is 10.2. The molecule has 138 valence electrons. The number of hydrogen-bond acceptors (Lipinski definition) is 4. The zero-order chi connectivity index (χ0) is 18.7. The summed E-state index contributed by atoms with van der Waals surface area (Å²) >= 11 is 0. The number of sulfone groups is 1. The highest BCUT2D eigenvalue weighted by atomic mass is 32.2. The van der Waals surface area contributed by atoms with Crippen molar-refractivity contribution in [3.05, 3.63) is 53.8 Å². The smallest absolute Gasteiger partial charge is 0.255 e. The normalized spacial score (nSPS) is 15.0. The third-order valence-electron chi connectivity index (χ3n) is 4.60. The molecule has 1 aliphatic carbocycles. The topological polar surface area (TPSA) is 72.5 Å². The fraction of sp³-hybridized carbons (Fsp3) is 0.316. The molecule has 1 aliphatic rings. The summed E-state index contributed by atoms with van der Waals surface area (Å²) in [5.41, 5.74) is 0.586. The molecule has 0 radical (unpaired) electrons. The maximum atomic E-state index is 13.7. The van der Waals surface area contributed by atoms with Crippen molar-refractivity contribution in [2.75, 3.05) is 12.4 Å². The molecule has 7 heteroatoms. The van der Waals surface area contributed by atoms with E-state index in [1.807, 2.05) is 0 Å². The first kappa shape index (κ1) is 18.4. The predicted molar refractivity (Wildman–Crippen MR) is 96.8 cm³/mol. The highest BCUT2D eigenvalue weighted by Gasteiger charge is 2.30. The molecule has 0 aromatic heterocycles. The molecule has 5 nitrogen and oxygen atoms in total. The van der Waals surface area contributed by atoms with Crippen LogP contribution in [-0.4, -0.2) is 26.7 Å². The monoisotopic (exact) mass is 377 g/mol. The average molecular weight is 377 g/mol. The Bertz CT molecular complexity index is 904. The van der Waals surface area contributed by atoms with E-state index < -0.39 is 21.6 Å². The van der Waals surface area contributed by atoms with E-state index in [4.69, 9.17) is 4.74 Å². The second-order valence-corrected chi connectivity index (χ2v) is 8.51. The molecule has 0 aliphatic heterocycles. The zero-order valence-electron chi connectivity index (χ0n) is 14.4. The SMILES string of the molecule is COc1ccc(C(=O)Nc2ccc(S(=O)(=O)C3CCCC3)cc2)cc1F. The van der Waals surface area contributed by atoms with Gasteiger partial charge in [-0.1, -0.05) is 12.8 Å². The van der Waals surface area contributed by atoms with Crippen molar-refractivity contribution in [3.63, 3.8) is 0 Å². The van der Waals surface area contributed by atoms with Crippen LogP contribution in [0, 0.1) is 5.82 Å². The van der Waals surface area contributed by atoms with Crippen LogP contribution in [-0.2, 0) is 9.84 Å². The van der Waals surface area contributed by atoms with Gasteiger partial charge in [0.2, 0.25) is 0 Å². The summed E-state index contributed by atoms with van der Waals surface area (Å²) in [6, 6.07) is 10.00. The van der Waals surface area contributed by atoms with Crippen molar-refractivity contribution in [1.82, 2.24) is 0 Å². The second-order valence-electron chi connectivity index (χ2n) is 6.28. The molecule has 0 heterocycles. The van der Waals surface area contributed by atoms with E-state index >= 15 is 0 Å². The maximum Gasteiger partial charge on any atom is 0.255 e. The van der Waals surface area contributed by atoms with E-state index in [-0.39, 0.29) is 21.5 Å². The summed E-state index contributed by atoms with van der Waals surface area (Å²) in [5.74, 6) is -1.06. The molecule has 1 fully saturated rings. The minimum Gasteiger partial charge on any atom is -0.494 e. The summed E-state index contributed by atoms with van der Waals surface area (Å²) in [5, 5.41) is 2.32. The Balaban J connectivity index is 1.73. The van der Waals surface area contributed by atoms with Crippen LogP contribution in [0.2, 0.25) is 0 Å². The Kier molecular flexibility index (Phi) is 5.27. The zero-order valence-corrected chi connectivity index (χ0v) is 15.2. The van der Waals surface area contributed by atoms with Crippen molar-refractivity contribution >= 4 is 21.4 Å². The van der Waals surface area contributed by atoms with Gasteiger partial charge in [0.15, 0.2) is 21.4 Å². The predicted octanol–water partition coefficient (Wildman–Crippen LogP) is 3.80. The minimum absolute atomic E-state index is 0.0584. The Morgan fingerprint density at radius 3 is 2.35 bits per heavy atom. The fourth-order valence-corrected chi connectivity index (χ4v) is 4.98. The molecular weight excluding hydrogens is 357 g/mol. The number of rotatable bonds is 5. The van der Waals surface area contributed by atoms with Gasteiger partial charge < -0.3 is 10.1 Å². The molecule has 1 N–H and O–H groups in total. The van der Waals surface area contributed by atoms with E-state index in [0.717, 1.165) is 18.9 Å². The summed E-state index contributed by atoms with van der Waals surface area (Å²) in [7, 11) is -1.98. The molecule has 1 amide bonds. The van der Waals surface area contributed by atoms with Gasteiger partial charge in [-0.3, -0.25) is 4.79 Å². The van der Waals surface area contributed by atoms with Crippen LogP contribution < -0.4 is 10.1 Å². The van der Waals surface area contributed by atoms with Crippen molar-refractivity contribution in [1.29, 1.82) is 0 Å². The van der Waals surface area contributed by atoms with Gasteiger partial charge in [0.25, 0.3) is 5.91 Å². The standard InChI is InChI=1S/C19H20FNO4S/c1-25-18-11-6-13(12-17(18)20)19(22)21-14-7-9-16(10-8-14)26(23,24)15-4-2-3-5-15/h6-12,15H,2-5H2,1H3,(H,21,22). The van der Waals surface area contributed by atoms with Gasteiger partial charge in [0.05, 0.1) is 17.3 Å². The van der Waals surface area contributed by atoms with Crippen LogP contribution in [0.3, 0.4) is 0 Å². The molecule has 3 rings (SSSR count). The summed E-state index contributed by atoms with van der Waals surface area (Å²) in [6.07, 6.45) is 3.28. The summed E-state index contributed by atoms with van der Waals surface area (Å²) in [6.45, 7) is 0. The van der Waals surface area contributed by atoms with Gasteiger partial charge in [-0.2, -0.15) is 0 Å². The number of carbonyl (C=O) groups excluding carboxylic acids is 1. The van der Waals surface area contributed by atoms with Gasteiger partial charge in [0.1, 0.15) is 0 Å². The van der Waals surface area contributed by atoms with E-state index in [2.05, 4.69) is 5.32 Å². The van der Waals surface area contributed by atoms with Crippen LogP contribution in [0.4, 0.5) is 10.1 Å². The number of amides is 1. The van der Waals surface area contributed by atoms with Crippen LogP contribution in [0.15, 0.2) is 47.4 Å². The van der Waals surface area contributed by atoms with Crippen LogP contribution in [0.5, 0.6) is 5.75 Å². The molecule has 0 spiro atoms. The van der Waals surface area contributed by atoms with Gasteiger partial charge >= 0.3 is 0 Å². The van der Waals surface area contributed by atoms with Gasteiger partial charge in [-0.15, -0.1) is 0 Å². The lowest BCUT2D eigenvalue weighted by Crippen LogP contribution is -2.18. The first-order valence-electron chi connectivity index (χ1n) is 8.40. The van der Waals surface area contributed by atoms with Gasteiger partial charge in [0, 0.05) is 11.3 Å². The molecule has 1 saturated carbocycles.